The number of rotatable bonds is 5. The van der Waals surface area contributed by atoms with Gasteiger partial charge in [0.25, 0.3) is 5.91 Å². The van der Waals surface area contributed by atoms with Gasteiger partial charge in [-0.1, -0.05) is 0 Å². The van der Waals surface area contributed by atoms with Crippen LogP contribution in [0.3, 0.4) is 0 Å². The van der Waals surface area contributed by atoms with Crippen LogP contribution in [-0.2, 0) is 4.74 Å². The molecule has 1 N–H and O–H groups in total. The van der Waals surface area contributed by atoms with E-state index >= 15 is 0 Å². The molecule has 0 saturated carbocycles. The van der Waals surface area contributed by atoms with E-state index in [0.29, 0.717) is 18.8 Å². The van der Waals surface area contributed by atoms with Gasteiger partial charge in [-0.2, -0.15) is 0 Å². The fourth-order valence-corrected chi connectivity index (χ4v) is 3.19. The molecule has 0 radical (unpaired) electrons. The summed E-state index contributed by atoms with van der Waals surface area (Å²) in [6.07, 6.45) is 1.79. The number of ether oxygens (including phenoxy) is 1. The molecule has 1 saturated heterocycles. The van der Waals surface area contributed by atoms with E-state index in [1.54, 1.807) is 18.7 Å². The van der Waals surface area contributed by atoms with Crippen LogP contribution in [0.25, 0.3) is 0 Å². The van der Waals surface area contributed by atoms with E-state index in [4.69, 9.17) is 4.74 Å². The minimum absolute atomic E-state index is 0.00290. The second-order valence-electron chi connectivity index (χ2n) is 6.49. The minimum Gasteiger partial charge on any atom is -0.462 e. The zero-order valence-corrected chi connectivity index (χ0v) is 15.7. The molecule has 0 atom stereocenters. The van der Waals surface area contributed by atoms with Crippen LogP contribution in [0.5, 0.6) is 0 Å². The number of nitrogens with zero attached hydrogens (tertiary/aromatic N) is 2. The summed E-state index contributed by atoms with van der Waals surface area (Å²) in [6.45, 7) is 4.71. The van der Waals surface area contributed by atoms with Gasteiger partial charge >= 0.3 is 5.97 Å². The summed E-state index contributed by atoms with van der Waals surface area (Å²) in [7, 11) is 0. The summed E-state index contributed by atoms with van der Waals surface area (Å²) in [5.41, 5.74) is 0.536. The second kappa shape index (κ2) is 8.33. The fraction of sp³-hybridized carbons (Fsp3) is 0.350. The summed E-state index contributed by atoms with van der Waals surface area (Å²) in [5.74, 6) is -2.61. The molecule has 3 rings (SSSR count). The number of anilines is 2. The van der Waals surface area contributed by atoms with Crippen LogP contribution in [0.15, 0.2) is 24.3 Å². The first-order valence-corrected chi connectivity index (χ1v) is 9.10. The smallest absolute Gasteiger partial charge is 0.339 e. The minimum atomic E-state index is -0.723. The Labute approximate surface area is 161 Å². The van der Waals surface area contributed by atoms with Crippen molar-refractivity contribution in [3.63, 3.8) is 0 Å². The van der Waals surface area contributed by atoms with Crippen LogP contribution < -0.4 is 10.2 Å². The van der Waals surface area contributed by atoms with Gasteiger partial charge in [-0.25, -0.2) is 18.6 Å². The third kappa shape index (κ3) is 4.11. The molecule has 2 heterocycles. The molecule has 148 valence electrons. The maximum absolute atomic E-state index is 14.4. The summed E-state index contributed by atoms with van der Waals surface area (Å²) >= 11 is 0. The third-order valence-corrected chi connectivity index (χ3v) is 4.51. The van der Waals surface area contributed by atoms with Gasteiger partial charge in [-0.05, 0) is 51.0 Å². The molecule has 28 heavy (non-hydrogen) atoms. The molecular formula is C20H21F2N3O3. The third-order valence-electron chi connectivity index (χ3n) is 4.51. The second-order valence-corrected chi connectivity index (χ2v) is 6.49. The van der Waals surface area contributed by atoms with Crippen LogP contribution >= 0.6 is 0 Å². The predicted molar refractivity (Wildman–Crippen MR) is 101 cm³/mol. The van der Waals surface area contributed by atoms with E-state index < -0.39 is 23.5 Å². The molecule has 0 spiro atoms. The topological polar surface area (TPSA) is 71.5 Å². The van der Waals surface area contributed by atoms with E-state index in [2.05, 4.69) is 10.3 Å². The molecule has 0 bridgehead atoms. The standard InChI is InChI=1S/C20H21F2N3O3/c1-3-28-20(27)14-6-7-17(23-12(14)2)19(26)24-13-10-15(21)18(16(22)11-13)25-8-4-5-9-25/h6-7,10-11H,3-5,8-9H2,1-2H3,(H,24,26). The molecule has 1 aliphatic rings. The van der Waals surface area contributed by atoms with Crippen molar-refractivity contribution in [2.45, 2.75) is 26.7 Å². The number of hydrogen-bond acceptors (Lipinski definition) is 5. The number of amides is 1. The van der Waals surface area contributed by atoms with Crippen molar-refractivity contribution in [3.05, 3.63) is 52.9 Å². The predicted octanol–water partition coefficient (Wildman–Crippen LogP) is 3.70. The van der Waals surface area contributed by atoms with Crippen LogP contribution in [0.4, 0.5) is 20.2 Å². The Kier molecular flexibility index (Phi) is 5.87. The van der Waals surface area contributed by atoms with Crippen molar-refractivity contribution in [2.24, 2.45) is 0 Å². The Morgan fingerprint density at radius 3 is 2.39 bits per heavy atom. The Balaban J connectivity index is 1.77. The van der Waals surface area contributed by atoms with Crippen molar-refractivity contribution in [2.75, 3.05) is 29.9 Å². The lowest BCUT2D eigenvalue weighted by molar-refractivity contribution is 0.0524. The van der Waals surface area contributed by atoms with Gasteiger partial charge in [-0.3, -0.25) is 4.79 Å². The van der Waals surface area contributed by atoms with E-state index in [0.717, 1.165) is 25.0 Å². The van der Waals surface area contributed by atoms with E-state index in [9.17, 15) is 18.4 Å². The first-order valence-electron chi connectivity index (χ1n) is 9.10. The Bertz CT molecular complexity index is 889. The van der Waals surface area contributed by atoms with Gasteiger partial charge in [0.1, 0.15) is 11.4 Å². The van der Waals surface area contributed by atoms with E-state index in [1.807, 2.05) is 0 Å². The van der Waals surface area contributed by atoms with Crippen LogP contribution in [0.1, 0.15) is 46.3 Å². The van der Waals surface area contributed by atoms with E-state index in [1.165, 1.54) is 12.1 Å². The van der Waals surface area contributed by atoms with Gasteiger partial charge in [0.15, 0.2) is 11.6 Å². The van der Waals surface area contributed by atoms with Gasteiger partial charge in [0, 0.05) is 18.8 Å². The monoisotopic (exact) mass is 389 g/mol. The lowest BCUT2D eigenvalue weighted by Crippen LogP contribution is -2.21. The fourth-order valence-electron chi connectivity index (χ4n) is 3.19. The number of halogens is 2. The van der Waals surface area contributed by atoms with E-state index in [-0.39, 0.29) is 29.2 Å². The van der Waals surface area contributed by atoms with Crippen molar-refractivity contribution in [1.29, 1.82) is 0 Å². The summed E-state index contributed by atoms with van der Waals surface area (Å²) in [4.78, 5) is 29.9. The first-order chi connectivity index (χ1) is 13.4. The van der Waals surface area contributed by atoms with Crippen LogP contribution in [0, 0.1) is 18.6 Å². The average molecular weight is 389 g/mol. The van der Waals surface area contributed by atoms with Gasteiger partial charge in [-0.15, -0.1) is 0 Å². The summed E-state index contributed by atoms with van der Waals surface area (Å²) in [6, 6.07) is 4.98. The quantitative estimate of drug-likeness (QED) is 0.790. The highest BCUT2D eigenvalue weighted by atomic mass is 19.1. The highest BCUT2D eigenvalue weighted by Gasteiger charge is 2.22. The molecule has 1 amide bonds. The lowest BCUT2D eigenvalue weighted by Gasteiger charge is -2.19. The van der Waals surface area contributed by atoms with Gasteiger partial charge in [0.05, 0.1) is 17.9 Å². The molecule has 8 heteroatoms. The maximum Gasteiger partial charge on any atom is 0.339 e. The Hall–Kier alpha value is -3.03. The van der Waals surface area contributed by atoms with Gasteiger partial charge < -0.3 is 15.0 Å². The number of nitrogens with one attached hydrogen (secondary N) is 1. The SMILES string of the molecule is CCOC(=O)c1ccc(C(=O)Nc2cc(F)c(N3CCCC3)c(F)c2)nc1C. The number of pyridine rings is 1. The number of carbonyl (C=O) groups excluding carboxylic acids is 2. The zero-order valence-electron chi connectivity index (χ0n) is 15.7. The number of aromatic nitrogens is 1. The van der Waals surface area contributed by atoms with Crippen molar-refractivity contribution < 1.29 is 23.1 Å². The van der Waals surface area contributed by atoms with Crippen molar-refractivity contribution in [1.82, 2.24) is 4.98 Å². The average Bonchev–Trinajstić information content (AvgIpc) is 3.15. The molecule has 0 aliphatic carbocycles. The zero-order chi connectivity index (χ0) is 20.3. The molecule has 1 aliphatic heterocycles. The summed E-state index contributed by atoms with van der Waals surface area (Å²) < 4.78 is 33.7. The molecule has 0 unspecified atom stereocenters. The highest BCUT2D eigenvalue weighted by molar-refractivity contribution is 6.03. The molecule has 1 fully saturated rings. The number of esters is 1. The van der Waals surface area contributed by atoms with Gasteiger partial charge in [0.2, 0.25) is 0 Å². The van der Waals surface area contributed by atoms with Crippen molar-refractivity contribution >= 4 is 23.3 Å². The molecule has 6 nitrogen and oxygen atoms in total. The van der Waals surface area contributed by atoms with Crippen LogP contribution in [0.2, 0.25) is 0 Å². The molecule has 2 aromatic rings. The molecule has 1 aromatic heterocycles. The normalized spacial score (nSPS) is 13.5. The number of aryl methyl sites for hydroxylation is 1. The maximum atomic E-state index is 14.4. The van der Waals surface area contributed by atoms with Crippen LogP contribution in [-0.4, -0.2) is 36.6 Å². The molecule has 1 aromatic carbocycles. The first kappa shape index (κ1) is 19.7. The lowest BCUT2D eigenvalue weighted by atomic mass is 10.1. The number of hydrogen-bond donors (Lipinski definition) is 1. The summed E-state index contributed by atoms with van der Waals surface area (Å²) in [5, 5.41) is 2.44. The largest absolute Gasteiger partial charge is 0.462 e. The Morgan fingerprint density at radius 2 is 1.82 bits per heavy atom. The molecular weight excluding hydrogens is 368 g/mol. The van der Waals surface area contributed by atoms with Crippen molar-refractivity contribution in [3.8, 4) is 0 Å². The highest BCUT2D eigenvalue weighted by Crippen LogP contribution is 2.29. The Morgan fingerprint density at radius 1 is 1.18 bits per heavy atom. The number of carbonyl (C=O) groups is 2. The number of benzene rings is 1.